The number of nitrogens with zero attached hydrogens (tertiary/aromatic N) is 1. The van der Waals surface area contributed by atoms with E-state index in [1.165, 1.54) is 17.0 Å². The molecule has 0 aliphatic carbocycles. The number of benzene rings is 1. The first-order valence-corrected chi connectivity index (χ1v) is 5.18. The lowest BCUT2D eigenvalue weighted by atomic mass is 10.2. The van der Waals surface area contributed by atoms with Crippen molar-refractivity contribution >= 4 is 5.69 Å². The summed E-state index contributed by atoms with van der Waals surface area (Å²) in [6.07, 6.45) is -2.52. The number of anilines is 1. The summed E-state index contributed by atoms with van der Waals surface area (Å²) >= 11 is 0. The molecule has 0 radical (unpaired) electrons. The van der Waals surface area contributed by atoms with Gasteiger partial charge in [-0.25, -0.2) is 13.2 Å². The van der Waals surface area contributed by atoms with Crippen LogP contribution < -0.4 is 5.73 Å². The fraction of sp³-hybridized carbons (Fsp3) is 0.455. The molecule has 96 valence electrons. The van der Waals surface area contributed by atoms with E-state index in [9.17, 15) is 13.2 Å². The van der Waals surface area contributed by atoms with E-state index in [4.69, 9.17) is 10.8 Å². The largest absolute Gasteiger partial charge is 0.399 e. The Hall–Kier alpha value is -1.27. The van der Waals surface area contributed by atoms with Gasteiger partial charge in [0.25, 0.3) is 6.43 Å². The van der Waals surface area contributed by atoms with Crippen molar-refractivity contribution in [1.29, 1.82) is 0 Å². The quantitative estimate of drug-likeness (QED) is 0.749. The molecule has 1 rings (SSSR count). The van der Waals surface area contributed by atoms with Gasteiger partial charge in [0.15, 0.2) is 0 Å². The molecule has 0 aliphatic heterocycles. The van der Waals surface area contributed by atoms with Crippen molar-refractivity contribution in [3.8, 4) is 0 Å². The molecule has 1 aromatic carbocycles. The van der Waals surface area contributed by atoms with Gasteiger partial charge in [0.2, 0.25) is 0 Å². The molecule has 1 aromatic rings. The number of nitrogen functional groups attached to an aromatic ring is 1. The third-order valence-electron chi connectivity index (χ3n) is 2.28. The molecule has 0 bridgehead atoms. The molecular formula is C11H15F3N2O. The Morgan fingerprint density at radius 1 is 1.35 bits per heavy atom. The zero-order chi connectivity index (χ0) is 12.8. The van der Waals surface area contributed by atoms with Crippen molar-refractivity contribution in [2.75, 3.05) is 25.4 Å². The summed E-state index contributed by atoms with van der Waals surface area (Å²) in [6.45, 7) is -0.640. The van der Waals surface area contributed by atoms with Crippen LogP contribution in [0.25, 0.3) is 0 Å². The smallest absolute Gasteiger partial charge is 0.251 e. The zero-order valence-electron chi connectivity index (χ0n) is 9.24. The van der Waals surface area contributed by atoms with E-state index < -0.39 is 18.8 Å². The third-order valence-corrected chi connectivity index (χ3v) is 2.28. The minimum atomic E-state index is -2.52. The minimum Gasteiger partial charge on any atom is -0.399 e. The first kappa shape index (κ1) is 13.8. The normalized spacial score (nSPS) is 11.4. The second-order valence-corrected chi connectivity index (χ2v) is 3.70. The number of alkyl halides is 2. The Morgan fingerprint density at radius 3 is 2.59 bits per heavy atom. The Balaban J connectivity index is 2.71. The SMILES string of the molecule is Nc1ccc(CN(CCO)CC(F)F)c(F)c1. The number of rotatable bonds is 6. The molecule has 0 unspecified atom stereocenters. The highest BCUT2D eigenvalue weighted by Gasteiger charge is 2.14. The second-order valence-electron chi connectivity index (χ2n) is 3.70. The molecule has 0 atom stereocenters. The lowest BCUT2D eigenvalue weighted by molar-refractivity contribution is 0.0741. The predicted molar refractivity (Wildman–Crippen MR) is 59.2 cm³/mol. The van der Waals surface area contributed by atoms with Gasteiger partial charge in [-0.15, -0.1) is 0 Å². The van der Waals surface area contributed by atoms with Crippen LogP contribution >= 0.6 is 0 Å². The van der Waals surface area contributed by atoms with Crippen LogP contribution in [0.2, 0.25) is 0 Å². The highest BCUT2D eigenvalue weighted by molar-refractivity contribution is 5.40. The second kappa shape index (κ2) is 6.46. The average molecular weight is 248 g/mol. The maximum atomic E-state index is 13.4. The Kier molecular flexibility index (Phi) is 5.24. The number of aliphatic hydroxyl groups excluding tert-OH is 1. The van der Waals surface area contributed by atoms with Crippen LogP contribution in [0, 0.1) is 5.82 Å². The maximum Gasteiger partial charge on any atom is 0.251 e. The van der Waals surface area contributed by atoms with Crippen molar-refractivity contribution in [3.05, 3.63) is 29.6 Å². The number of hydrogen-bond donors (Lipinski definition) is 2. The number of hydrogen-bond acceptors (Lipinski definition) is 3. The molecule has 0 heterocycles. The van der Waals surface area contributed by atoms with E-state index in [1.54, 1.807) is 0 Å². The van der Waals surface area contributed by atoms with Crippen LogP contribution in [-0.4, -0.2) is 36.1 Å². The summed E-state index contributed by atoms with van der Waals surface area (Å²) in [6, 6.07) is 4.12. The fourth-order valence-corrected chi connectivity index (χ4v) is 1.50. The van der Waals surface area contributed by atoms with Gasteiger partial charge in [0, 0.05) is 24.3 Å². The third kappa shape index (κ3) is 4.62. The van der Waals surface area contributed by atoms with Crippen molar-refractivity contribution in [1.82, 2.24) is 4.90 Å². The summed E-state index contributed by atoms with van der Waals surface area (Å²) in [5.74, 6) is -0.526. The summed E-state index contributed by atoms with van der Waals surface area (Å²) < 4.78 is 37.9. The minimum absolute atomic E-state index is 0.0248. The Bertz CT molecular complexity index is 361. The van der Waals surface area contributed by atoms with E-state index in [0.29, 0.717) is 0 Å². The Labute approximate surface area is 97.6 Å². The van der Waals surface area contributed by atoms with Crippen molar-refractivity contribution in [3.63, 3.8) is 0 Å². The molecular weight excluding hydrogens is 233 g/mol. The van der Waals surface area contributed by atoms with Crippen molar-refractivity contribution in [2.45, 2.75) is 13.0 Å². The molecule has 0 aromatic heterocycles. The zero-order valence-corrected chi connectivity index (χ0v) is 9.24. The molecule has 0 fully saturated rings. The molecule has 0 saturated heterocycles. The molecule has 6 heteroatoms. The first-order valence-electron chi connectivity index (χ1n) is 5.18. The van der Waals surface area contributed by atoms with E-state index in [1.807, 2.05) is 0 Å². The van der Waals surface area contributed by atoms with Crippen LogP contribution in [0.15, 0.2) is 18.2 Å². The highest BCUT2D eigenvalue weighted by atomic mass is 19.3. The van der Waals surface area contributed by atoms with Gasteiger partial charge in [-0.05, 0) is 12.1 Å². The summed E-state index contributed by atoms with van der Waals surface area (Å²) in [5, 5.41) is 8.74. The maximum absolute atomic E-state index is 13.4. The molecule has 0 saturated carbocycles. The van der Waals surface area contributed by atoms with Crippen LogP contribution in [0.1, 0.15) is 5.56 Å². The average Bonchev–Trinajstić information content (AvgIpc) is 2.21. The van der Waals surface area contributed by atoms with Crippen LogP contribution in [0.3, 0.4) is 0 Å². The van der Waals surface area contributed by atoms with Crippen molar-refractivity contribution in [2.24, 2.45) is 0 Å². The highest BCUT2D eigenvalue weighted by Crippen LogP contribution is 2.14. The lowest BCUT2D eigenvalue weighted by Gasteiger charge is -2.21. The van der Waals surface area contributed by atoms with E-state index in [0.717, 1.165) is 6.07 Å². The van der Waals surface area contributed by atoms with Crippen LogP contribution in [-0.2, 0) is 6.54 Å². The standard InChI is InChI=1S/C11H15F3N2O/c12-10-5-9(15)2-1-8(10)6-16(3-4-17)7-11(13)14/h1-2,5,11,17H,3-4,6-7,15H2. The van der Waals surface area contributed by atoms with E-state index in [-0.39, 0.29) is 30.9 Å². The molecule has 3 N–H and O–H groups in total. The molecule has 17 heavy (non-hydrogen) atoms. The van der Waals surface area contributed by atoms with Gasteiger partial charge in [-0.1, -0.05) is 6.07 Å². The first-order chi connectivity index (χ1) is 8.02. The Morgan fingerprint density at radius 2 is 2.06 bits per heavy atom. The van der Waals surface area contributed by atoms with E-state index >= 15 is 0 Å². The number of halogens is 3. The molecule has 0 amide bonds. The van der Waals surface area contributed by atoms with Gasteiger partial charge in [-0.2, -0.15) is 0 Å². The monoisotopic (exact) mass is 248 g/mol. The van der Waals surface area contributed by atoms with Crippen LogP contribution in [0.5, 0.6) is 0 Å². The van der Waals surface area contributed by atoms with Gasteiger partial charge >= 0.3 is 0 Å². The van der Waals surface area contributed by atoms with Crippen LogP contribution in [0.4, 0.5) is 18.9 Å². The molecule has 0 aliphatic rings. The number of aliphatic hydroxyl groups is 1. The summed E-state index contributed by atoms with van der Waals surface area (Å²) in [5.41, 5.74) is 5.96. The van der Waals surface area contributed by atoms with E-state index in [2.05, 4.69) is 0 Å². The predicted octanol–water partition coefficient (Wildman–Crippen LogP) is 1.47. The van der Waals surface area contributed by atoms with Crippen molar-refractivity contribution < 1.29 is 18.3 Å². The number of nitrogens with two attached hydrogens (primary N) is 1. The van der Waals surface area contributed by atoms with Gasteiger partial charge in [0.1, 0.15) is 5.82 Å². The molecule has 0 spiro atoms. The topological polar surface area (TPSA) is 49.5 Å². The summed E-state index contributed by atoms with van der Waals surface area (Å²) in [7, 11) is 0. The molecule has 3 nitrogen and oxygen atoms in total. The lowest BCUT2D eigenvalue weighted by Crippen LogP contribution is -2.31. The van der Waals surface area contributed by atoms with Gasteiger partial charge in [-0.3, -0.25) is 4.90 Å². The fourth-order valence-electron chi connectivity index (χ4n) is 1.50. The van der Waals surface area contributed by atoms with Gasteiger partial charge < -0.3 is 10.8 Å². The summed E-state index contributed by atoms with van der Waals surface area (Å²) in [4.78, 5) is 1.29. The van der Waals surface area contributed by atoms with Gasteiger partial charge in [0.05, 0.1) is 13.2 Å².